The normalized spacial score (nSPS) is 12.2. The molecule has 0 fully saturated rings. The van der Waals surface area contributed by atoms with Gasteiger partial charge in [-0.05, 0) is 74.0 Å². The molecule has 192 valence electrons. The van der Waals surface area contributed by atoms with Crippen molar-refractivity contribution in [2.24, 2.45) is 0 Å². The van der Waals surface area contributed by atoms with Gasteiger partial charge in [0.2, 0.25) is 11.7 Å². The first kappa shape index (κ1) is 26.0. The van der Waals surface area contributed by atoms with Crippen molar-refractivity contribution in [2.75, 3.05) is 0 Å². The lowest BCUT2D eigenvalue weighted by atomic mass is 10.1. The number of amides is 2. The molecule has 37 heavy (non-hydrogen) atoms. The predicted octanol–water partition coefficient (Wildman–Crippen LogP) is 4.41. The fourth-order valence-corrected chi connectivity index (χ4v) is 3.87. The number of nitrogens with zero attached hydrogens (tertiary/aromatic N) is 5. The van der Waals surface area contributed by atoms with Gasteiger partial charge in [0.05, 0.1) is 6.26 Å². The van der Waals surface area contributed by atoms with E-state index in [1.807, 2.05) is 20.8 Å². The number of hydrogen-bond acceptors (Lipinski definition) is 6. The standard InChI is InChI=1S/C26H26ClFN6O3/c1-26(2,3)29-25(36)23(21-9-6-14-37-21)33(15-18-7-4-5-8-20(18)27)22(35)16-34-31-24(30-32-34)17-10-12-19(28)13-11-17/h4-14,23H,15-16H2,1-3H3,(H,29,36). The maximum absolute atomic E-state index is 13.7. The van der Waals surface area contributed by atoms with E-state index in [-0.39, 0.29) is 24.7 Å². The Kier molecular flexibility index (Phi) is 7.68. The fourth-order valence-electron chi connectivity index (χ4n) is 3.68. The second-order valence-corrected chi connectivity index (χ2v) is 9.83. The maximum atomic E-state index is 13.7. The Morgan fingerprint density at radius 1 is 1.11 bits per heavy atom. The summed E-state index contributed by atoms with van der Waals surface area (Å²) in [6, 6.07) is 14.9. The number of halogens is 2. The van der Waals surface area contributed by atoms with Crippen molar-refractivity contribution in [3.8, 4) is 11.4 Å². The molecule has 1 N–H and O–H groups in total. The number of rotatable bonds is 8. The third-order valence-electron chi connectivity index (χ3n) is 5.32. The van der Waals surface area contributed by atoms with Crippen molar-refractivity contribution in [1.82, 2.24) is 30.4 Å². The largest absolute Gasteiger partial charge is 0.467 e. The topological polar surface area (TPSA) is 106 Å². The Bertz CT molecular complexity index is 1370. The van der Waals surface area contributed by atoms with Gasteiger partial charge in [-0.15, -0.1) is 10.2 Å². The predicted molar refractivity (Wildman–Crippen MR) is 135 cm³/mol. The van der Waals surface area contributed by atoms with Crippen molar-refractivity contribution in [1.29, 1.82) is 0 Å². The van der Waals surface area contributed by atoms with Crippen molar-refractivity contribution < 1.29 is 18.4 Å². The van der Waals surface area contributed by atoms with E-state index >= 15 is 0 Å². The van der Waals surface area contributed by atoms with Crippen LogP contribution in [0.1, 0.15) is 38.1 Å². The lowest BCUT2D eigenvalue weighted by Crippen LogP contribution is -2.49. The maximum Gasteiger partial charge on any atom is 0.251 e. The molecule has 0 aliphatic rings. The van der Waals surface area contributed by atoms with E-state index in [1.165, 1.54) is 35.4 Å². The van der Waals surface area contributed by atoms with Crippen LogP contribution >= 0.6 is 11.6 Å². The Labute approximate surface area is 218 Å². The number of aromatic nitrogens is 4. The molecule has 2 heterocycles. The van der Waals surface area contributed by atoms with Crippen LogP contribution in [-0.4, -0.2) is 42.5 Å². The molecule has 0 saturated carbocycles. The van der Waals surface area contributed by atoms with Gasteiger partial charge in [0, 0.05) is 22.7 Å². The summed E-state index contributed by atoms with van der Waals surface area (Å²) in [7, 11) is 0. The van der Waals surface area contributed by atoms with E-state index in [9.17, 15) is 14.0 Å². The number of benzene rings is 2. The second kappa shape index (κ2) is 10.9. The van der Waals surface area contributed by atoms with Crippen LogP contribution in [-0.2, 0) is 22.7 Å². The van der Waals surface area contributed by atoms with Gasteiger partial charge < -0.3 is 14.6 Å². The van der Waals surface area contributed by atoms with E-state index in [0.717, 1.165) is 4.80 Å². The smallest absolute Gasteiger partial charge is 0.251 e. The highest BCUT2D eigenvalue weighted by molar-refractivity contribution is 6.31. The average molecular weight is 525 g/mol. The molecule has 1 atom stereocenters. The van der Waals surface area contributed by atoms with Crippen LogP contribution in [0.25, 0.3) is 11.4 Å². The quantitative estimate of drug-likeness (QED) is 0.366. The number of tetrazole rings is 1. The fraction of sp³-hybridized carbons (Fsp3) is 0.269. The van der Waals surface area contributed by atoms with E-state index in [4.69, 9.17) is 16.0 Å². The van der Waals surface area contributed by atoms with E-state index < -0.39 is 23.4 Å². The van der Waals surface area contributed by atoms with Crippen LogP contribution in [0.5, 0.6) is 0 Å². The van der Waals surface area contributed by atoms with E-state index in [2.05, 4.69) is 20.7 Å². The van der Waals surface area contributed by atoms with E-state index in [1.54, 1.807) is 36.4 Å². The highest BCUT2D eigenvalue weighted by Crippen LogP contribution is 2.27. The number of carbonyl (C=O) groups is 2. The summed E-state index contributed by atoms with van der Waals surface area (Å²) in [4.78, 5) is 29.7. The van der Waals surface area contributed by atoms with Crippen molar-refractivity contribution >= 4 is 23.4 Å². The monoisotopic (exact) mass is 524 g/mol. The Morgan fingerprint density at radius 3 is 2.49 bits per heavy atom. The molecule has 0 radical (unpaired) electrons. The van der Waals surface area contributed by atoms with Gasteiger partial charge in [-0.1, -0.05) is 29.8 Å². The molecular formula is C26H26ClFN6O3. The lowest BCUT2D eigenvalue weighted by molar-refractivity contribution is -0.143. The third kappa shape index (κ3) is 6.59. The molecular weight excluding hydrogens is 499 g/mol. The van der Waals surface area contributed by atoms with Crippen molar-refractivity contribution in [3.05, 3.63) is 89.1 Å². The summed E-state index contributed by atoms with van der Waals surface area (Å²) >= 11 is 6.40. The molecule has 2 amide bonds. The molecule has 2 aromatic heterocycles. The minimum absolute atomic E-state index is 0.0287. The van der Waals surface area contributed by atoms with Crippen LogP contribution in [0.3, 0.4) is 0 Å². The lowest BCUT2D eigenvalue weighted by Gasteiger charge is -2.32. The summed E-state index contributed by atoms with van der Waals surface area (Å²) in [6.07, 6.45) is 1.44. The van der Waals surface area contributed by atoms with Crippen LogP contribution in [0.4, 0.5) is 4.39 Å². The molecule has 0 saturated heterocycles. The van der Waals surface area contributed by atoms with Gasteiger partial charge in [-0.2, -0.15) is 4.80 Å². The highest BCUT2D eigenvalue weighted by atomic mass is 35.5. The van der Waals surface area contributed by atoms with Gasteiger partial charge in [0.15, 0.2) is 6.04 Å². The summed E-state index contributed by atoms with van der Waals surface area (Å²) in [5.41, 5.74) is 0.640. The zero-order chi connectivity index (χ0) is 26.6. The summed E-state index contributed by atoms with van der Waals surface area (Å²) in [6.45, 7) is 5.27. The van der Waals surface area contributed by atoms with Gasteiger partial charge in [0.25, 0.3) is 5.91 Å². The number of furan rings is 1. The summed E-state index contributed by atoms with van der Waals surface area (Å²) in [5.74, 6) is -0.743. The molecule has 4 rings (SSSR count). The first-order valence-corrected chi connectivity index (χ1v) is 11.9. The molecule has 0 aliphatic heterocycles. The molecule has 0 aliphatic carbocycles. The van der Waals surface area contributed by atoms with Gasteiger partial charge >= 0.3 is 0 Å². The first-order chi connectivity index (χ1) is 17.6. The summed E-state index contributed by atoms with van der Waals surface area (Å²) in [5, 5.41) is 15.6. The SMILES string of the molecule is CC(C)(C)NC(=O)C(c1ccco1)N(Cc1ccccc1Cl)C(=O)Cn1nnc(-c2ccc(F)cc2)n1. The Balaban J connectivity index is 1.67. The van der Waals surface area contributed by atoms with Crippen LogP contribution < -0.4 is 5.32 Å². The minimum atomic E-state index is -1.09. The third-order valence-corrected chi connectivity index (χ3v) is 5.69. The van der Waals surface area contributed by atoms with Crippen molar-refractivity contribution in [2.45, 2.75) is 45.4 Å². The minimum Gasteiger partial charge on any atom is -0.467 e. The molecule has 1 unspecified atom stereocenters. The Morgan fingerprint density at radius 2 is 1.84 bits per heavy atom. The van der Waals surface area contributed by atoms with Crippen LogP contribution in [0, 0.1) is 5.82 Å². The average Bonchev–Trinajstić information content (AvgIpc) is 3.52. The van der Waals surface area contributed by atoms with Gasteiger partial charge in [-0.3, -0.25) is 9.59 Å². The Hall–Kier alpha value is -4.05. The van der Waals surface area contributed by atoms with Gasteiger partial charge in [-0.25, -0.2) is 4.39 Å². The number of hydrogen-bond donors (Lipinski definition) is 1. The van der Waals surface area contributed by atoms with E-state index in [0.29, 0.717) is 21.9 Å². The van der Waals surface area contributed by atoms with Crippen LogP contribution in [0.2, 0.25) is 5.02 Å². The van der Waals surface area contributed by atoms with Crippen LogP contribution in [0.15, 0.2) is 71.3 Å². The summed E-state index contributed by atoms with van der Waals surface area (Å²) < 4.78 is 18.9. The molecule has 11 heteroatoms. The second-order valence-electron chi connectivity index (χ2n) is 9.42. The number of carbonyl (C=O) groups excluding carboxylic acids is 2. The van der Waals surface area contributed by atoms with Gasteiger partial charge in [0.1, 0.15) is 18.1 Å². The molecule has 0 bridgehead atoms. The highest BCUT2D eigenvalue weighted by Gasteiger charge is 2.36. The van der Waals surface area contributed by atoms with Crippen molar-refractivity contribution in [3.63, 3.8) is 0 Å². The zero-order valence-corrected chi connectivity index (χ0v) is 21.3. The molecule has 4 aromatic rings. The molecule has 0 spiro atoms. The molecule has 9 nitrogen and oxygen atoms in total. The zero-order valence-electron chi connectivity index (χ0n) is 20.6. The molecule has 2 aromatic carbocycles. The number of nitrogens with one attached hydrogen (secondary N) is 1. The first-order valence-electron chi connectivity index (χ1n) is 11.5.